The lowest BCUT2D eigenvalue weighted by molar-refractivity contribution is -0.115. The Kier molecular flexibility index (Phi) is 7.85. The molecule has 0 heterocycles. The highest BCUT2D eigenvalue weighted by atomic mass is 35.5. The van der Waals surface area contributed by atoms with E-state index >= 15 is 0 Å². The molecular weight excluding hydrogens is 483 g/mol. The Hall–Kier alpha value is -3.61. The van der Waals surface area contributed by atoms with Crippen molar-refractivity contribution in [2.24, 2.45) is 0 Å². The van der Waals surface area contributed by atoms with Crippen LogP contribution in [0.1, 0.15) is 26.7 Å². The molecule has 4 aromatic carbocycles. The smallest absolute Gasteiger partial charge is 0.255 e. The van der Waals surface area contributed by atoms with Crippen LogP contribution >= 0.6 is 23.4 Å². The summed E-state index contributed by atoms with van der Waals surface area (Å²) in [5.74, 6) is -1.04. The Morgan fingerprint density at radius 1 is 0.829 bits per heavy atom. The van der Waals surface area contributed by atoms with E-state index in [2.05, 4.69) is 10.6 Å². The summed E-state index contributed by atoms with van der Waals surface area (Å²) in [7, 11) is 0. The highest BCUT2D eigenvalue weighted by molar-refractivity contribution is 8.00. The van der Waals surface area contributed by atoms with E-state index in [0.29, 0.717) is 16.9 Å². The van der Waals surface area contributed by atoms with Crippen molar-refractivity contribution in [3.63, 3.8) is 0 Å². The third-order valence-corrected chi connectivity index (χ3v) is 6.72. The molecule has 0 bridgehead atoms. The largest absolute Gasteiger partial charge is 0.325 e. The van der Waals surface area contributed by atoms with Crippen LogP contribution in [-0.2, 0) is 4.79 Å². The zero-order valence-corrected chi connectivity index (χ0v) is 20.4. The van der Waals surface area contributed by atoms with Crippen LogP contribution in [0.3, 0.4) is 0 Å². The molecule has 4 aromatic rings. The Labute approximate surface area is 212 Å². The van der Waals surface area contributed by atoms with Crippen LogP contribution < -0.4 is 10.6 Å². The molecule has 0 aliphatic rings. The number of carbonyl (C=O) groups is 2. The molecule has 0 fully saturated rings. The van der Waals surface area contributed by atoms with Gasteiger partial charge in [-0.15, -0.1) is 11.8 Å². The predicted molar refractivity (Wildman–Crippen MR) is 141 cm³/mol. The summed E-state index contributed by atoms with van der Waals surface area (Å²) in [5, 5.41) is 5.07. The van der Waals surface area contributed by atoms with Crippen molar-refractivity contribution in [3.8, 4) is 0 Å². The lowest BCUT2D eigenvalue weighted by Crippen LogP contribution is -2.19. The Bertz CT molecular complexity index is 1350. The van der Waals surface area contributed by atoms with Crippen molar-refractivity contribution in [1.82, 2.24) is 0 Å². The number of anilines is 2. The van der Waals surface area contributed by atoms with Gasteiger partial charge in [0.25, 0.3) is 5.91 Å². The third-order valence-electron chi connectivity index (χ3n) is 5.19. The standard InChI is InChI=1S/C28H22ClFN2O2S/c1-18-10-12-20(13-11-18)27(33)31-21-8-5-9-23(16-21)35-26(19-6-3-2-4-7-19)28(34)32-22-14-15-25(30)24(29)17-22/h2-17,26H,1H3,(H,31,33)(H,32,34). The van der Waals surface area contributed by atoms with Gasteiger partial charge in [-0.05, 0) is 61.0 Å². The number of amides is 2. The zero-order chi connectivity index (χ0) is 24.8. The summed E-state index contributed by atoms with van der Waals surface area (Å²) in [6, 6.07) is 28.1. The average molecular weight is 505 g/mol. The average Bonchev–Trinajstić information content (AvgIpc) is 2.86. The maximum atomic E-state index is 13.5. The van der Waals surface area contributed by atoms with Crippen molar-refractivity contribution >= 4 is 46.6 Å². The molecule has 0 saturated carbocycles. The number of nitrogens with one attached hydrogen (secondary N) is 2. The van der Waals surface area contributed by atoms with Crippen LogP contribution in [0, 0.1) is 12.7 Å². The number of halogens is 2. The lowest BCUT2D eigenvalue weighted by atomic mass is 10.1. The molecule has 176 valence electrons. The normalized spacial score (nSPS) is 11.5. The van der Waals surface area contributed by atoms with Crippen LogP contribution in [0.5, 0.6) is 0 Å². The molecule has 35 heavy (non-hydrogen) atoms. The number of rotatable bonds is 7. The molecule has 1 atom stereocenters. The first-order valence-electron chi connectivity index (χ1n) is 10.8. The van der Waals surface area contributed by atoms with Crippen LogP contribution in [0.2, 0.25) is 5.02 Å². The molecule has 2 amide bonds. The summed E-state index contributed by atoms with van der Waals surface area (Å²) in [4.78, 5) is 26.7. The number of benzene rings is 4. The summed E-state index contributed by atoms with van der Waals surface area (Å²) in [6.45, 7) is 1.96. The van der Waals surface area contributed by atoms with Gasteiger partial charge >= 0.3 is 0 Å². The summed E-state index contributed by atoms with van der Waals surface area (Å²) < 4.78 is 13.5. The van der Waals surface area contributed by atoms with Gasteiger partial charge in [0.05, 0.1) is 5.02 Å². The zero-order valence-electron chi connectivity index (χ0n) is 18.8. The highest BCUT2D eigenvalue weighted by Gasteiger charge is 2.23. The number of thioether (sulfide) groups is 1. The Morgan fingerprint density at radius 2 is 1.54 bits per heavy atom. The fraction of sp³-hybridized carbons (Fsp3) is 0.0714. The van der Waals surface area contributed by atoms with Crippen molar-refractivity contribution in [1.29, 1.82) is 0 Å². The first-order valence-corrected chi connectivity index (χ1v) is 12.1. The van der Waals surface area contributed by atoms with Gasteiger partial charge in [-0.1, -0.05) is 65.7 Å². The molecule has 1 unspecified atom stereocenters. The minimum atomic E-state index is -0.594. The van der Waals surface area contributed by atoms with Gasteiger partial charge in [0.15, 0.2) is 0 Å². The van der Waals surface area contributed by atoms with E-state index in [1.54, 1.807) is 18.2 Å². The molecule has 4 rings (SSSR count). The maximum Gasteiger partial charge on any atom is 0.255 e. The monoisotopic (exact) mass is 504 g/mol. The second kappa shape index (κ2) is 11.2. The van der Waals surface area contributed by atoms with Gasteiger partial charge < -0.3 is 10.6 Å². The van der Waals surface area contributed by atoms with Gasteiger partial charge in [-0.25, -0.2) is 4.39 Å². The van der Waals surface area contributed by atoms with Gasteiger partial charge in [0.1, 0.15) is 11.1 Å². The van der Waals surface area contributed by atoms with Crippen LogP contribution in [0.4, 0.5) is 15.8 Å². The SMILES string of the molecule is Cc1ccc(C(=O)Nc2cccc(SC(C(=O)Nc3ccc(F)c(Cl)c3)c3ccccc3)c2)cc1. The van der Waals surface area contributed by atoms with Crippen molar-refractivity contribution in [2.45, 2.75) is 17.1 Å². The van der Waals surface area contributed by atoms with E-state index in [1.165, 1.54) is 30.0 Å². The van der Waals surface area contributed by atoms with Crippen LogP contribution in [0.25, 0.3) is 0 Å². The molecule has 0 aromatic heterocycles. The number of hydrogen-bond donors (Lipinski definition) is 2. The number of carbonyl (C=O) groups excluding carboxylic acids is 2. The van der Waals surface area contributed by atoms with E-state index in [4.69, 9.17) is 11.6 Å². The molecule has 4 nitrogen and oxygen atoms in total. The van der Waals surface area contributed by atoms with Gasteiger partial charge in [0.2, 0.25) is 5.91 Å². The Morgan fingerprint density at radius 3 is 2.26 bits per heavy atom. The van der Waals surface area contributed by atoms with Gasteiger partial charge in [-0.2, -0.15) is 0 Å². The van der Waals surface area contributed by atoms with Crippen molar-refractivity contribution in [2.75, 3.05) is 10.6 Å². The minimum absolute atomic E-state index is 0.0660. The molecule has 0 radical (unpaired) electrons. The van der Waals surface area contributed by atoms with E-state index in [0.717, 1.165) is 16.0 Å². The first kappa shape index (κ1) is 24.5. The third kappa shape index (κ3) is 6.50. The van der Waals surface area contributed by atoms with Crippen molar-refractivity contribution in [3.05, 3.63) is 125 Å². The van der Waals surface area contributed by atoms with E-state index < -0.39 is 11.1 Å². The predicted octanol–water partition coefficient (Wildman–Crippen LogP) is 7.51. The molecular formula is C28H22ClFN2O2S. The Balaban J connectivity index is 1.54. The highest BCUT2D eigenvalue weighted by Crippen LogP contribution is 2.37. The van der Waals surface area contributed by atoms with E-state index in [-0.39, 0.29) is 16.8 Å². The fourth-order valence-corrected chi connectivity index (χ4v) is 4.64. The first-order chi connectivity index (χ1) is 16.9. The second-order valence-electron chi connectivity index (χ2n) is 7.87. The molecule has 0 aliphatic carbocycles. The minimum Gasteiger partial charge on any atom is -0.325 e. The van der Waals surface area contributed by atoms with E-state index in [1.807, 2.05) is 67.6 Å². The van der Waals surface area contributed by atoms with Crippen LogP contribution in [-0.4, -0.2) is 11.8 Å². The quantitative estimate of drug-likeness (QED) is 0.256. The van der Waals surface area contributed by atoms with Crippen LogP contribution in [0.15, 0.2) is 102 Å². The lowest BCUT2D eigenvalue weighted by Gasteiger charge is -2.18. The molecule has 0 aliphatic heterocycles. The van der Waals surface area contributed by atoms with Gasteiger partial charge in [-0.3, -0.25) is 9.59 Å². The molecule has 0 saturated heterocycles. The summed E-state index contributed by atoms with van der Waals surface area (Å²) in [5.41, 5.74) is 3.47. The second-order valence-corrected chi connectivity index (χ2v) is 9.46. The van der Waals surface area contributed by atoms with E-state index in [9.17, 15) is 14.0 Å². The summed E-state index contributed by atoms with van der Waals surface area (Å²) in [6.07, 6.45) is 0. The maximum absolute atomic E-state index is 13.5. The topological polar surface area (TPSA) is 58.2 Å². The number of hydrogen-bond acceptors (Lipinski definition) is 3. The van der Waals surface area contributed by atoms with Crippen molar-refractivity contribution < 1.29 is 14.0 Å². The molecule has 0 spiro atoms. The molecule has 7 heteroatoms. The summed E-state index contributed by atoms with van der Waals surface area (Å²) >= 11 is 7.21. The van der Waals surface area contributed by atoms with Gasteiger partial charge in [0, 0.05) is 21.8 Å². The fourth-order valence-electron chi connectivity index (χ4n) is 3.37. The number of aryl methyl sites for hydroxylation is 1. The molecule has 2 N–H and O–H groups in total.